The number of amides is 3. The second-order valence-corrected chi connectivity index (χ2v) is 12.0. The zero-order valence-electron chi connectivity index (χ0n) is 28.1. The van der Waals surface area contributed by atoms with Crippen LogP contribution in [0.15, 0.2) is 60.7 Å². The van der Waals surface area contributed by atoms with Gasteiger partial charge in [0, 0.05) is 12.1 Å². The molecule has 1 aliphatic rings. The van der Waals surface area contributed by atoms with E-state index < -0.39 is 35.1 Å². The number of imide groups is 1. The molecule has 1 unspecified atom stereocenters. The fourth-order valence-corrected chi connectivity index (χ4v) is 6.13. The molecule has 3 aromatic rings. The second kappa shape index (κ2) is 15.2. The van der Waals surface area contributed by atoms with Crippen LogP contribution in [-0.2, 0) is 22.4 Å². The summed E-state index contributed by atoms with van der Waals surface area (Å²) in [4.78, 5) is 27.6. The number of unbranched alkanes of at least 4 members (excludes halogenated alkanes) is 2. The van der Waals surface area contributed by atoms with Gasteiger partial charge in [0.25, 0.3) is 11.5 Å². The molecule has 0 aromatic heterocycles. The van der Waals surface area contributed by atoms with E-state index in [1.807, 2.05) is 6.92 Å². The maximum absolute atomic E-state index is 13.5. The summed E-state index contributed by atoms with van der Waals surface area (Å²) in [6, 6.07) is 13.8. The van der Waals surface area contributed by atoms with Crippen LogP contribution in [0.1, 0.15) is 62.6 Å². The molecule has 1 aliphatic heterocycles. The summed E-state index contributed by atoms with van der Waals surface area (Å²) in [7, 11) is 2.99. The number of rotatable bonds is 15. The van der Waals surface area contributed by atoms with Gasteiger partial charge in [-0.25, -0.2) is 4.79 Å². The third kappa shape index (κ3) is 7.35. The first kappa shape index (κ1) is 38.3. The molecule has 0 radical (unpaired) electrons. The number of alkyl halides is 6. The minimum absolute atomic E-state index is 0.172. The Bertz CT molecular complexity index is 1660. The molecule has 0 aliphatic carbocycles. The molecule has 1 fully saturated rings. The van der Waals surface area contributed by atoms with Crippen molar-refractivity contribution in [2.75, 3.05) is 27.4 Å². The lowest BCUT2D eigenvalue weighted by Crippen LogP contribution is -2.53. The molecule has 2 N–H and O–H groups in total. The highest BCUT2D eigenvalue weighted by Gasteiger charge is 2.71. The van der Waals surface area contributed by atoms with E-state index in [2.05, 4.69) is 5.32 Å². The summed E-state index contributed by atoms with van der Waals surface area (Å²) in [5.41, 5.74) is -5.82. The van der Waals surface area contributed by atoms with Gasteiger partial charge in [0.1, 0.15) is 11.3 Å². The summed E-state index contributed by atoms with van der Waals surface area (Å²) < 4.78 is 97.6. The number of carbonyl (C=O) groups excluding carboxylic acids is 2. The van der Waals surface area contributed by atoms with E-state index in [9.17, 15) is 41.0 Å². The van der Waals surface area contributed by atoms with Gasteiger partial charge in [0.2, 0.25) is 0 Å². The topological polar surface area (TPSA) is 97.3 Å². The SMILES string of the molecule is CCCc1cc(C(O)(C(F)(F)F)C(F)(F)F)ccc1-c1cccc(OCCCCCN2C(=O)NC(CC)(c3ccc(OC)c(OC)c3)C2=O)c1. The van der Waals surface area contributed by atoms with E-state index in [1.54, 1.807) is 49.4 Å². The lowest BCUT2D eigenvalue weighted by molar-refractivity contribution is -0.376. The van der Waals surface area contributed by atoms with Gasteiger partial charge in [0.15, 0.2) is 11.5 Å². The molecule has 0 spiro atoms. The average Bonchev–Trinajstić information content (AvgIpc) is 3.33. The standard InChI is InChI=1S/C36H40F6N2O6/c1-5-11-23-20-26(34(47,35(37,38)39)36(40,41)42)14-16-28(23)24-12-10-13-27(21-24)50-19-9-7-8-18-44-31(45)33(6-2,43-32(44)46)25-15-17-29(48-3)30(22-25)49-4/h10,12-17,20-22,47H,5-9,11,18-19H2,1-4H3,(H,43,46). The molecule has 8 nitrogen and oxygen atoms in total. The molecule has 1 heterocycles. The maximum Gasteiger partial charge on any atom is 0.430 e. The number of hydrogen-bond acceptors (Lipinski definition) is 6. The summed E-state index contributed by atoms with van der Waals surface area (Å²) in [5, 5.41) is 12.8. The normalized spacial score (nSPS) is 16.8. The fraction of sp³-hybridized carbons (Fsp3) is 0.444. The molecular weight excluding hydrogens is 670 g/mol. The van der Waals surface area contributed by atoms with Gasteiger partial charge in [-0.1, -0.05) is 56.7 Å². The van der Waals surface area contributed by atoms with Crippen molar-refractivity contribution in [1.29, 1.82) is 0 Å². The van der Waals surface area contributed by atoms with Gasteiger partial charge in [-0.15, -0.1) is 0 Å². The van der Waals surface area contributed by atoms with Crippen molar-refractivity contribution in [3.63, 3.8) is 0 Å². The van der Waals surface area contributed by atoms with Crippen molar-refractivity contribution in [2.45, 2.75) is 75.9 Å². The highest BCUT2D eigenvalue weighted by atomic mass is 19.4. The lowest BCUT2D eigenvalue weighted by Gasteiger charge is -2.33. The van der Waals surface area contributed by atoms with Crippen LogP contribution >= 0.6 is 0 Å². The number of hydrogen-bond donors (Lipinski definition) is 2. The molecule has 14 heteroatoms. The molecule has 272 valence electrons. The Hall–Kier alpha value is -4.46. The number of aliphatic hydroxyl groups is 1. The number of halogens is 6. The number of urea groups is 1. The third-order valence-corrected chi connectivity index (χ3v) is 8.89. The molecular formula is C36H40F6N2O6. The Kier molecular flexibility index (Phi) is 11.7. The molecule has 0 bridgehead atoms. The number of nitrogens with one attached hydrogen (secondary N) is 1. The Morgan fingerprint density at radius 1 is 0.840 bits per heavy atom. The van der Waals surface area contributed by atoms with Gasteiger partial charge >= 0.3 is 18.4 Å². The molecule has 4 rings (SSSR count). The summed E-state index contributed by atoms with van der Waals surface area (Å²) in [6.07, 6.45) is -9.32. The van der Waals surface area contributed by atoms with Crippen molar-refractivity contribution in [3.8, 4) is 28.4 Å². The van der Waals surface area contributed by atoms with Crippen LogP contribution in [0.5, 0.6) is 17.2 Å². The maximum atomic E-state index is 13.5. The van der Waals surface area contributed by atoms with E-state index in [4.69, 9.17) is 14.2 Å². The van der Waals surface area contributed by atoms with Gasteiger partial charge < -0.3 is 24.6 Å². The van der Waals surface area contributed by atoms with Gasteiger partial charge in [-0.3, -0.25) is 9.69 Å². The highest BCUT2D eigenvalue weighted by Crippen LogP contribution is 2.50. The first-order valence-electron chi connectivity index (χ1n) is 16.2. The number of nitrogens with zero attached hydrogens (tertiary/aromatic N) is 1. The Morgan fingerprint density at radius 2 is 1.54 bits per heavy atom. The zero-order valence-corrected chi connectivity index (χ0v) is 28.1. The minimum Gasteiger partial charge on any atom is -0.494 e. The van der Waals surface area contributed by atoms with Crippen molar-refractivity contribution in [3.05, 3.63) is 77.4 Å². The Balaban J connectivity index is 1.38. The Labute approximate surface area is 286 Å². The molecule has 1 saturated heterocycles. The lowest BCUT2D eigenvalue weighted by atomic mass is 9.87. The van der Waals surface area contributed by atoms with Crippen molar-refractivity contribution in [1.82, 2.24) is 10.2 Å². The monoisotopic (exact) mass is 710 g/mol. The number of ether oxygens (including phenoxy) is 3. The second-order valence-electron chi connectivity index (χ2n) is 12.0. The average molecular weight is 711 g/mol. The van der Waals surface area contributed by atoms with Gasteiger partial charge in [-0.05, 0) is 78.6 Å². The first-order valence-corrected chi connectivity index (χ1v) is 16.2. The van der Waals surface area contributed by atoms with Crippen molar-refractivity contribution < 1.29 is 55.2 Å². The van der Waals surface area contributed by atoms with E-state index in [0.717, 1.165) is 12.1 Å². The molecule has 3 aromatic carbocycles. The van der Waals surface area contributed by atoms with Gasteiger partial charge in [-0.2, -0.15) is 26.3 Å². The van der Waals surface area contributed by atoms with E-state index in [1.165, 1.54) is 19.1 Å². The summed E-state index contributed by atoms with van der Waals surface area (Å²) in [5.74, 6) is 1.01. The van der Waals surface area contributed by atoms with Crippen LogP contribution in [0.4, 0.5) is 31.1 Å². The van der Waals surface area contributed by atoms with E-state index in [-0.39, 0.29) is 31.0 Å². The third-order valence-electron chi connectivity index (χ3n) is 8.89. The molecule has 3 amide bonds. The number of benzene rings is 3. The predicted molar refractivity (Wildman–Crippen MR) is 173 cm³/mol. The zero-order chi connectivity index (χ0) is 36.9. The predicted octanol–water partition coefficient (Wildman–Crippen LogP) is 8.04. The highest BCUT2D eigenvalue weighted by molar-refractivity contribution is 6.07. The van der Waals surface area contributed by atoms with Crippen LogP contribution in [-0.4, -0.2) is 61.7 Å². The van der Waals surface area contributed by atoms with Crippen LogP contribution in [0, 0.1) is 0 Å². The van der Waals surface area contributed by atoms with E-state index >= 15 is 0 Å². The van der Waals surface area contributed by atoms with Crippen LogP contribution in [0.25, 0.3) is 11.1 Å². The number of methoxy groups -OCH3 is 2. The minimum atomic E-state index is -5.98. The quantitative estimate of drug-likeness (QED) is 0.0942. The van der Waals surface area contributed by atoms with Gasteiger partial charge in [0.05, 0.1) is 20.8 Å². The Morgan fingerprint density at radius 3 is 2.16 bits per heavy atom. The summed E-state index contributed by atoms with van der Waals surface area (Å²) in [6.45, 7) is 4.02. The smallest absolute Gasteiger partial charge is 0.430 e. The van der Waals surface area contributed by atoms with Crippen LogP contribution in [0.3, 0.4) is 0 Å². The molecule has 50 heavy (non-hydrogen) atoms. The van der Waals surface area contributed by atoms with Crippen molar-refractivity contribution >= 4 is 11.9 Å². The van der Waals surface area contributed by atoms with E-state index in [0.29, 0.717) is 72.1 Å². The first-order chi connectivity index (χ1) is 23.6. The largest absolute Gasteiger partial charge is 0.494 e. The molecule has 1 atom stereocenters. The fourth-order valence-electron chi connectivity index (χ4n) is 6.13. The number of aryl methyl sites for hydroxylation is 1. The summed E-state index contributed by atoms with van der Waals surface area (Å²) >= 11 is 0. The van der Waals surface area contributed by atoms with Crippen LogP contribution in [0.2, 0.25) is 0 Å². The van der Waals surface area contributed by atoms with Crippen molar-refractivity contribution in [2.24, 2.45) is 0 Å². The number of carbonyl (C=O) groups is 2. The van der Waals surface area contributed by atoms with Crippen LogP contribution < -0.4 is 19.5 Å². The molecule has 0 saturated carbocycles.